The largest absolute Gasteiger partial charge is 0.489 e. The third-order valence-electron chi connectivity index (χ3n) is 5.97. The second-order valence-corrected chi connectivity index (χ2v) is 9.51. The van der Waals surface area contributed by atoms with Gasteiger partial charge in [0.25, 0.3) is 5.56 Å². The van der Waals surface area contributed by atoms with E-state index < -0.39 is 0 Å². The van der Waals surface area contributed by atoms with E-state index in [-0.39, 0.29) is 11.4 Å². The van der Waals surface area contributed by atoms with Crippen molar-refractivity contribution in [3.05, 3.63) is 129 Å². The van der Waals surface area contributed by atoms with Gasteiger partial charge in [-0.2, -0.15) is 9.78 Å². The number of para-hydroxylation sites is 1. The van der Waals surface area contributed by atoms with E-state index in [1.807, 2.05) is 54.6 Å². The zero-order valence-electron chi connectivity index (χ0n) is 19.8. The maximum atomic E-state index is 13.4. The Hall–Kier alpha value is -4.56. The van der Waals surface area contributed by atoms with Crippen molar-refractivity contribution in [2.75, 3.05) is 0 Å². The Morgan fingerprint density at radius 1 is 0.974 bits per heavy atom. The van der Waals surface area contributed by atoms with Crippen LogP contribution in [0.4, 0.5) is 4.39 Å². The topological polar surface area (TPSA) is 69.6 Å². The highest BCUT2D eigenvalue weighted by molar-refractivity contribution is 9.10. The van der Waals surface area contributed by atoms with Crippen LogP contribution < -0.4 is 10.3 Å². The van der Waals surface area contributed by atoms with Crippen LogP contribution in [0.5, 0.6) is 5.75 Å². The van der Waals surface area contributed by atoms with Crippen LogP contribution in [0.25, 0.3) is 33.5 Å². The van der Waals surface area contributed by atoms with E-state index in [1.165, 1.54) is 16.8 Å². The fourth-order valence-corrected chi connectivity index (χ4v) is 4.42. The minimum atomic E-state index is -0.303. The number of rotatable bonds is 6. The smallest absolute Gasteiger partial charge is 0.282 e. The van der Waals surface area contributed by atoms with Crippen molar-refractivity contribution in [1.82, 2.24) is 9.66 Å². The first-order chi connectivity index (χ1) is 18.5. The van der Waals surface area contributed by atoms with Crippen LogP contribution in [0.15, 0.2) is 116 Å². The molecule has 0 bridgehead atoms. The lowest BCUT2D eigenvalue weighted by molar-refractivity contribution is 0.306. The molecule has 0 radical (unpaired) electrons. The molecule has 0 spiro atoms. The molecule has 0 aliphatic carbocycles. The van der Waals surface area contributed by atoms with Crippen LogP contribution in [-0.2, 0) is 6.61 Å². The molecule has 2 heterocycles. The van der Waals surface area contributed by atoms with Crippen LogP contribution in [0.1, 0.15) is 11.1 Å². The first-order valence-electron chi connectivity index (χ1n) is 11.8. The van der Waals surface area contributed by atoms with Gasteiger partial charge in [-0.15, -0.1) is 0 Å². The summed E-state index contributed by atoms with van der Waals surface area (Å²) < 4.78 is 27.1. The number of hydrogen-bond donors (Lipinski definition) is 0. The standard InChI is InChI=1S/C30H19BrFN3O3/c31-22-9-14-27-21(15-22)16-28(38-27)29-34-26-4-2-1-3-25(26)30(36)35(29)33-17-19-7-12-24(13-8-19)37-18-20-5-10-23(32)11-6-20/h1-17H,18H2. The molecule has 4 aromatic carbocycles. The number of fused-ring (bicyclic) bond motifs is 2. The van der Waals surface area contributed by atoms with Gasteiger partial charge in [-0.05, 0) is 83.9 Å². The highest BCUT2D eigenvalue weighted by Gasteiger charge is 2.16. The van der Waals surface area contributed by atoms with Gasteiger partial charge in [0.15, 0.2) is 5.76 Å². The zero-order valence-corrected chi connectivity index (χ0v) is 21.4. The van der Waals surface area contributed by atoms with E-state index in [1.54, 1.807) is 36.5 Å². The first-order valence-corrected chi connectivity index (χ1v) is 12.6. The van der Waals surface area contributed by atoms with Crippen molar-refractivity contribution < 1.29 is 13.5 Å². The quantitative estimate of drug-likeness (QED) is 0.200. The number of nitrogens with zero attached hydrogens (tertiary/aromatic N) is 3. The Morgan fingerprint density at radius 3 is 2.58 bits per heavy atom. The van der Waals surface area contributed by atoms with Crippen molar-refractivity contribution in [1.29, 1.82) is 0 Å². The van der Waals surface area contributed by atoms with Gasteiger partial charge in [-0.1, -0.05) is 40.2 Å². The minimum absolute atomic E-state index is 0.283. The average molecular weight is 568 g/mol. The molecule has 0 aliphatic heterocycles. The number of ether oxygens (including phenoxy) is 1. The van der Waals surface area contributed by atoms with Crippen LogP contribution in [0.2, 0.25) is 0 Å². The van der Waals surface area contributed by atoms with Gasteiger partial charge in [-0.3, -0.25) is 4.79 Å². The maximum absolute atomic E-state index is 13.4. The van der Waals surface area contributed by atoms with Gasteiger partial charge in [0.05, 0.1) is 17.1 Å². The second-order valence-electron chi connectivity index (χ2n) is 8.59. The Labute approximate surface area is 224 Å². The SMILES string of the molecule is O=c1c2ccccc2nc(-c2cc3cc(Br)ccc3o2)n1N=Cc1ccc(OCc2ccc(F)cc2)cc1. The predicted molar refractivity (Wildman–Crippen MR) is 149 cm³/mol. The Morgan fingerprint density at radius 2 is 1.76 bits per heavy atom. The third-order valence-corrected chi connectivity index (χ3v) is 6.47. The van der Waals surface area contributed by atoms with Crippen molar-refractivity contribution in [2.45, 2.75) is 6.61 Å². The molecular formula is C30H19BrFN3O3. The van der Waals surface area contributed by atoms with Crippen molar-refractivity contribution >= 4 is 44.0 Å². The summed E-state index contributed by atoms with van der Waals surface area (Å²) in [6.07, 6.45) is 1.59. The second kappa shape index (κ2) is 10.1. The van der Waals surface area contributed by atoms with Gasteiger partial charge in [-0.25, -0.2) is 9.37 Å². The number of hydrogen-bond acceptors (Lipinski definition) is 5. The number of halogens is 2. The van der Waals surface area contributed by atoms with E-state index in [4.69, 9.17) is 14.1 Å². The predicted octanol–water partition coefficient (Wildman–Crippen LogP) is 7.17. The van der Waals surface area contributed by atoms with E-state index >= 15 is 0 Å². The first kappa shape index (κ1) is 23.8. The number of furan rings is 1. The highest BCUT2D eigenvalue weighted by atomic mass is 79.9. The lowest BCUT2D eigenvalue weighted by Gasteiger charge is -2.08. The molecule has 2 aromatic heterocycles. The number of benzene rings is 4. The minimum Gasteiger partial charge on any atom is -0.489 e. The normalized spacial score (nSPS) is 11.5. The van der Waals surface area contributed by atoms with Gasteiger partial charge >= 0.3 is 0 Å². The molecule has 186 valence electrons. The lowest BCUT2D eigenvalue weighted by Crippen LogP contribution is -2.20. The molecule has 0 saturated heterocycles. The van der Waals surface area contributed by atoms with Crippen molar-refractivity contribution in [3.63, 3.8) is 0 Å². The fourth-order valence-electron chi connectivity index (χ4n) is 4.04. The van der Waals surface area contributed by atoms with Crippen LogP contribution in [-0.4, -0.2) is 15.9 Å². The van der Waals surface area contributed by atoms with Crippen molar-refractivity contribution in [2.24, 2.45) is 5.10 Å². The molecule has 0 saturated carbocycles. The number of aromatic nitrogens is 2. The Kier molecular flexibility index (Phi) is 6.31. The summed E-state index contributed by atoms with van der Waals surface area (Å²) in [6.45, 7) is 0.323. The van der Waals surface area contributed by atoms with Gasteiger partial charge in [0.1, 0.15) is 23.8 Å². The molecule has 0 N–H and O–H groups in total. The highest BCUT2D eigenvalue weighted by Crippen LogP contribution is 2.29. The van der Waals surface area contributed by atoms with Gasteiger partial charge in [0.2, 0.25) is 5.82 Å². The molecule has 0 unspecified atom stereocenters. The Bertz CT molecular complexity index is 1860. The monoisotopic (exact) mass is 567 g/mol. The van der Waals surface area contributed by atoms with E-state index in [0.29, 0.717) is 40.4 Å². The summed E-state index contributed by atoms with van der Waals surface area (Å²) in [5.41, 5.74) is 2.56. The molecular weight excluding hydrogens is 549 g/mol. The molecule has 8 heteroatoms. The molecule has 0 aliphatic rings. The summed E-state index contributed by atoms with van der Waals surface area (Å²) in [4.78, 5) is 18.1. The third kappa shape index (κ3) is 4.86. The molecule has 6 rings (SSSR count). The Balaban J connectivity index is 1.32. The lowest BCUT2D eigenvalue weighted by atomic mass is 10.2. The summed E-state index contributed by atoms with van der Waals surface area (Å²) in [5.74, 6) is 1.11. The summed E-state index contributed by atoms with van der Waals surface area (Å²) in [6, 6.07) is 28.1. The average Bonchev–Trinajstić information content (AvgIpc) is 3.36. The van der Waals surface area contributed by atoms with Crippen LogP contribution in [0, 0.1) is 5.82 Å². The maximum Gasteiger partial charge on any atom is 0.282 e. The summed E-state index contributed by atoms with van der Waals surface area (Å²) >= 11 is 3.48. The van der Waals surface area contributed by atoms with Crippen molar-refractivity contribution in [3.8, 4) is 17.3 Å². The van der Waals surface area contributed by atoms with Crippen LogP contribution in [0.3, 0.4) is 0 Å². The molecule has 0 amide bonds. The van der Waals surface area contributed by atoms with Gasteiger partial charge in [0, 0.05) is 9.86 Å². The van der Waals surface area contributed by atoms with Gasteiger partial charge < -0.3 is 9.15 Å². The van der Waals surface area contributed by atoms with Crippen LogP contribution >= 0.6 is 15.9 Å². The fraction of sp³-hybridized carbons (Fsp3) is 0.0333. The molecule has 0 atom stereocenters. The summed E-state index contributed by atoms with van der Waals surface area (Å²) in [7, 11) is 0. The molecule has 6 aromatic rings. The molecule has 0 fully saturated rings. The van der Waals surface area contributed by atoms with E-state index in [0.717, 1.165) is 21.0 Å². The van der Waals surface area contributed by atoms with E-state index in [2.05, 4.69) is 21.0 Å². The molecule has 38 heavy (non-hydrogen) atoms. The molecule has 6 nitrogen and oxygen atoms in total. The zero-order chi connectivity index (χ0) is 26.1. The summed E-state index contributed by atoms with van der Waals surface area (Å²) in [5, 5.41) is 5.83. The van der Waals surface area contributed by atoms with E-state index in [9.17, 15) is 9.18 Å².